The molecule has 5 heteroatoms. The molecule has 0 aliphatic heterocycles. The number of ketones is 1. The number of carbonyl (C=O) groups is 1. The van der Waals surface area contributed by atoms with E-state index in [-0.39, 0.29) is 5.78 Å². The number of benzene rings is 1. The van der Waals surface area contributed by atoms with E-state index in [0.29, 0.717) is 17.9 Å². The van der Waals surface area contributed by atoms with E-state index in [1.54, 1.807) is 36.7 Å². The highest BCUT2D eigenvalue weighted by atomic mass is 16.5. The maximum Gasteiger partial charge on any atom is 0.187 e. The Morgan fingerprint density at radius 3 is 2.52 bits per heavy atom. The summed E-state index contributed by atoms with van der Waals surface area (Å²) >= 11 is 0. The first kappa shape index (κ1) is 14.7. The van der Waals surface area contributed by atoms with E-state index in [9.17, 15) is 4.79 Å². The number of hydroxylamine groups is 2. The molecular weight excluding hydrogens is 268 g/mol. The van der Waals surface area contributed by atoms with E-state index in [1.165, 1.54) is 19.3 Å². The Kier molecular flexibility index (Phi) is 5.06. The molecule has 0 aliphatic rings. The van der Waals surface area contributed by atoms with E-state index in [0.717, 1.165) is 10.6 Å². The molecule has 0 saturated carbocycles. The highest BCUT2D eigenvalue weighted by Crippen LogP contribution is 2.14. The van der Waals surface area contributed by atoms with Gasteiger partial charge in [0, 0.05) is 37.3 Å². The smallest absolute Gasteiger partial charge is 0.187 e. The number of nitrogens with zero attached hydrogens (tertiary/aromatic N) is 2. The molecule has 2 aromatic rings. The lowest BCUT2D eigenvalue weighted by Crippen LogP contribution is -2.04. The monoisotopic (exact) mass is 284 g/mol. The first-order chi connectivity index (χ1) is 10.1. The van der Waals surface area contributed by atoms with Crippen LogP contribution < -0.4 is 4.74 Å². The molecule has 1 aromatic carbocycles. The average molecular weight is 284 g/mol. The van der Waals surface area contributed by atoms with E-state index in [2.05, 4.69) is 4.98 Å². The molecule has 0 radical (unpaired) electrons. The number of hydrogen-bond donors (Lipinski definition) is 1. The summed E-state index contributed by atoms with van der Waals surface area (Å²) in [4.78, 5) is 15.7. The molecule has 1 aromatic heterocycles. The minimum Gasteiger partial charge on any atom is -0.489 e. The number of pyridine rings is 1. The van der Waals surface area contributed by atoms with Gasteiger partial charge >= 0.3 is 0 Å². The van der Waals surface area contributed by atoms with Crippen LogP contribution in [0.1, 0.15) is 15.9 Å². The van der Waals surface area contributed by atoms with Crippen molar-refractivity contribution in [2.24, 2.45) is 0 Å². The molecule has 1 heterocycles. The maximum absolute atomic E-state index is 11.8. The van der Waals surface area contributed by atoms with Crippen molar-refractivity contribution in [3.63, 3.8) is 0 Å². The van der Waals surface area contributed by atoms with Crippen molar-refractivity contribution in [2.75, 3.05) is 7.05 Å². The van der Waals surface area contributed by atoms with Gasteiger partial charge in [-0.25, -0.2) is 0 Å². The van der Waals surface area contributed by atoms with Crippen molar-refractivity contribution in [1.29, 1.82) is 0 Å². The molecule has 0 fully saturated rings. The number of rotatable bonds is 6. The van der Waals surface area contributed by atoms with Crippen molar-refractivity contribution in [1.82, 2.24) is 10.0 Å². The molecule has 0 aliphatic carbocycles. The van der Waals surface area contributed by atoms with Crippen LogP contribution in [0.2, 0.25) is 0 Å². The number of ether oxygens (including phenoxy) is 1. The van der Waals surface area contributed by atoms with Crippen molar-refractivity contribution in [2.45, 2.75) is 6.61 Å². The molecule has 1 N–H and O–H groups in total. The van der Waals surface area contributed by atoms with Gasteiger partial charge in [0.05, 0.1) is 0 Å². The maximum atomic E-state index is 11.8. The molecular formula is C16H16N2O3. The van der Waals surface area contributed by atoms with Crippen LogP contribution in [-0.4, -0.2) is 28.1 Å². The first-order valence-electron chi connectivity index (χ1n) is 6.41. The quantitative estimate of drug-likeness (QED) is 0.502. The SMILES string of the molecule is CN(O)/C=C\C(=O)c1ccc(OCc2ccncc2)cc1. The van der Waals surface area contributed by atoms with Gasteiger partial charge in [0.15, 0.2) is 5.78 Å². The molecule has 0 atom stereocenters. The van der Waals surface area contributed by atoms with Crippen LogP contribution in [0, 0.1) is 0 Å². The summed E-state index contributed by atoms with van der Waals surface area (Å²) in [5.74, 6) is 0.503. The van der Waals surface area contributed by atoms with Gasteiger partial charge in [0.1, 0.15) is 12.4 Å². The minimum absolute atomic E-state index is 0.184. The van der Waals surface area contributed by atoms with Crippen molar-refractivity contribution >= 4 is 5.78 Å². The molecule has 2 rings (SSSR count). The summed E-state index contributed by atoms with van der Waals surface area (Å²) in [7, 11) is 1.43. The van der Waals surface area contributed by atoms with Gasteiger partial charge in [-0.3, -0.25) is 20.0 Å². The lowest BCUT2D eigenvalue weighted by molar-refractivity contribution is -0.0130. The predicted molar refractivity (Wildman–Crippen MR) is 78.0 cm³/mol. The van der Waals surface area contributed by atoms with Gasteiger partial charge in [-0.1, -0.05) is 0 Å². The summed E-state index contributed by atoms with van der Waals surface area (Å²) in [5, 5.41) is 9.76. The third kappa shape index (κ3) is 4.74. The molecule has 0 spiro atoms. The van der Waals surface area contributed by atoms with Gasteiger partial charge in [0.2, 0.25) is 0 Å². The summed E-state index contributed by atoms with van der Waals surface area (Å²) in [5.41, 5.74) is 1.56. The fraction of sp³-hybridized carbons (Fsp3) is 0.125. The van der Waals surface area contributed by atoms with Crippen molar-refractivity contribution in [3.05, 3.63) is 72.2 Å². The van der Waals surface area contributed by atoms with Crippen molar-refractivity contribution in [3.8, 4) is 5.75 Å². The van der Waals surface area contributed by atoms with Crippen LogP contribution in [0.3, 0.4) is 0 Å². The van der Waals surface area contributed by atoms with Crippen molar-refractivity contribution < 1.29 is 14.7 Å². The molecule has 21 heavy (non-hydrogen) atoms. The van der Waals surface area contributed by atoms with Crippen LogP contribution in [0.4, 0.5) is 0 Å². The zero-order chi connectivity index (χ0) is 15.1. The Balaban J connectivity index is 1.94. The lowest BCUT2D eigenvalue weighted by Gasteiger charge is -2.06. The summed E-state index contributed by atoms with van der Waals surface area (Å²) < 4.78 is 5.62. The van der Waals surface area contributed by atoms with E-state index in [4.69, 9.17) is 9.94 Å². The average Bonchev–Trinajstić information content (AvgIpc) is 2.52. The topological polar surface area (TPSA) is 62.7 Å². The fourth-order valence-corrected chi connectivity index (χ4v) is 1.63. The minimum atomic E-state index is -0.184. The number of aromatic nitrogens is 1. The molecule has 108 valence electrons. The zero-order valence-corrected chi connectivity index (χ0v) is 11.6. The molecule has 0 bridgehead atoms. The van der Waals surface area contributed by atoms with E-state index in [1.807, 2.05) is 12.1 Å². The van der Waals surface area contributed by atoms with Gasteiger partial charge in [-0.05, 0) is 42.0 Å². The first-order valence-corrected chi connectivity index (χ1v) is 6.41. The normalized spacial score (nSPS) is 10.6. The van der Waals surface area contributed by atoms with Crippen LogP contribution >= 0.6 is 0 Å². The molecule has 0 amide bonds. The Hall–Kier alpha value is -2.66. The van der Waals surface area contributed by atoms with Gasteiger partial charge < -0.3 is 4.74 Å². The van der Waals surface area contributed by atoms with Gasteiger partial charge in [-0.2, -0.15) is 0 Å². The molecule has 0 saturated heterocycles. The Morgan fingerprint density at radius 1 is 1.24 bits per heavy atom. The predicted octanol–water partition coefficient (Wildman–Crippen LogP) is 2.68. The van der Waals surface area contributed by atoms with Crippen LogP contribution in [0.15, 0.2) is 61.1 Å². The number of hydrogen-bond acceptors (Lipinski definition) is 5. The second kappa shape index (κ2) is 7.21. The number of allylic oxidation sites excluding steroid dienone is 1. The van der Waals surface area contributed by atoms with Gasteiger partial charge in [-0.15, -0.1) is 0 Å². The van der Waals surface area contributed by atoms with Crippen LogP contribution in [-0.2, 0) is 6.61 Å². The van der Waals surface area contributed by atoms with Crippen LogP contribution in [0.5, 0.6) is 5.75 Å². The zero-order valence-electron chi connectivity index (χ0n) is 11.6. The summed E-state index contributed by atoms with van der Waals surface area (Å²) in [6.07, 6.45) is 6.01. The number of carbonyl (C=O) groups excluding carboxylic acids is 1. The highest BCUT2D eigenvalue weighted by Gasteiger charge is 2.02. The Labute approximate surface area is 123 Å². The summed E-state index contributed by atoms with van der Waals surface area (Å²) in [6, 6.07) is 10.6. The Bertz CT molecular complexity index is 607. The van der Waals surface area contributed by atoms with Crippen LogP contribution in [0.25, 0.3) is 0 Å². The van der Waals surface area contributed by atoms with Gasteiger partial charge in [0.25, 0.3) is 0 Å². The summed E-state index contributed by atoms with van der Waals surface area (Å²) in [6.45, 7) is 0.449. The molecule has 0 unspecified atom stereocenters. The Morgan fingerprint density at radius 2 is 1.90 bits per heavy atom. The second-order valence-corrected chi connectivity index (χ2v) is 4.42. The lowest BCUT2D eigenvalue weighted by atomic mass is 10.1. The third-order valence-electron chi connectivity index (χ3n) is 2.74. The third-order valence-corrected chi connectivity index (χ3v) is 2.74. The fourth-order valence-electron chi connectivity index (χ4n) is 1.63. The second-order valence-electron chi connectivity index (χ2n) is 4.42. The molecule has 5 nitrogen and oxygen atoms in total. The van der Waals surface area contributed by atoms with E-state index >= 15 is 0 Å². The largest absolute Gasteiger partial charge is 0.489 e. The highest BCUT2D eigenvalue weighted by molar-refractivity contribution is 6.04. The standard InChI is InChI=1S/C16H16N2O3/c1-18(20)11-8-16(19)14-2-4-15(5-3-14)21-12-13-6-9-17-10-7-13/h2-11,20H,12H2,1H3/b11-8-. The van der Waals surface area contributed by atoms with E-state index < -0.39 is 0 Å².